The molecule has 2 rings (SSSR count). The van der Waals surface area contributed by atoms with Gasteiger partial charge in [0, 0.05) is 32.4 Å². The van der Waals surface area contributed by atoms with Gasteiger partial charge in [-0.2, -0.15) is 13.2 Å². The molecule has 0 unspecified atom stereocenters. The number of carboxylic acid groups (broad SMARTS) is 1. The molecular weight excluding hydrogens is 569 g/mol. The van der Waals surface area contributed by atoms with Crippen LogP contribution < -0.4 is 9.47 Å². The molecule has 1 aliphatic carbocycles. The highest BCUT2D eigenvalue weighted by Gasteiger charge is 2.26. The second-order valence-electron chi connectivity index (χ2n) is 10.1. The van der Waals surface area contributed by atoms with Gasteiger partial charge >= 0.3 is 6.18 Å². The van der Waals surface area contributed by atoms with Crippen molar-refractivity contribution in [1.82, 2.24) is 0 Å². The first-order chi connectivity index (χ1) is 20.6. The molecular formula is C32H51F3O8. The number of halogens is 3. The maximum Gasteiger partial charge on any atom is 0.389 e. The van der Waals surface area contributed by atoms with Gasteiger partial charge in [-0.25, -0.2) is 0 Å². The fourth-order valence-corrected chi connectivity index (χ4v) is 4.68. The fourth-order valence-electron chi connectivity index (χ4n) is 4.68. The van der Waals surface area contributed by atoms with Crippen molar-refractivity contribution in [3.63, 3.8) is 0 Å². The number of ether oxygens (including phenoxy) is 2. The summed E-state index contributed by atoms with van der Waals surface area (Å²) < 4.78 is 48.7. The van der Waals surface area contributed by atoms with E-state index in [1.807, 2.05) is 12.9 Å². The van der Waals surface area contributed by atoms with Crippen LogP contribution in [0, 0.1) is 5.92 Å². The van der Waals surface area contributed by atoms with Gasteiger partial charge in [-0.05, 0) is 72.8 Å². The van der Waals surface area contributed by atoms with Gasteiger partial charge in [-0.15, -0.1) is 0 Å². The van der Waals surface area contributed by atoms with Crippen LogP contribution in [0.1, 0.15) is 88.5 Å². The number of benzene rings is 1. The van der Waals surface area contributed by atoms with E-state index in [0.717, 1.165) is 74.7 Å². The first kappa shape index (κ1) is 42.2. The van der Waals surface area contributed by atoms with E-state index < -0.39 is 12.6 Å². The lowest BCUT2D eigenvalue weighted by Crippen LogP contribution is -2.14. The standard InChI is InChI=1S/C29H43F3O4.CH2O2.CH4O.CH2O/c1-22(20-33)12-15-35-27-17-26(18-28(19-27)36-16-13-23(2)21-34)25-10-8-24(9-11-25)7-5-3-4-6-14-29(30,31)32;2-1-3;2*1-2/h17-19,24-25,33-34H,1-16,20-21H2;1H,(H,2,3);2H,1H3;1H2. The number of aliphatic hydroxyl groups excluding tert-OH is 3. The highest BCUT2D eigenvalue weighted by molar-refractivity contribution is 5.40. The summed E-state index contributed by atoms with van der Waals surface area (Å²) >= 11 is 0. The number of unbranched alkanes of at least 4 members (excludes halogenated alkanes) is 3. The van der Waals surface area contributed by atoms with Crippen molar-refractivity contribution in [3.8, 4) is 11.5 Å². The van der Waals surface area contributed by atoms with E-state index in [2.05, 4.69) is 25.3 Å². The van der Waals surface area contributed by atoms with E-state index in [1.54, 1.807) is 0 Å². The van der Waals surface area contributed by atoms with Crippen molar-refractivity contribution < 1.29 is 52.7 Å². The minimum absolute atomic E-state index is 0.0523. The van der Waals surface area contributed by atoms with Crippen molar-refractivity contribution in [2.75, 3.05) is 33.5 Å². The minimum atomic E-state index is -4.03. The van der Waals surface area contributed by atoms with Crippen LogP contribution in [0.3, 0.4) is 0 Å². The average molecular weight is 621 g/mol. The van der Waals surface area contributed by atoms with E-state index in [9.17, 15) is 13.2 Å². The summed E-state index contributed by atoms with van der Waals surface area (Å²) in [4.78, 5) is 16.4. The van der Waals surface area contributed by atoms with E-state index in [1.165, 1.54) is 5.56 Å². The lowest BCUT2D eigenvalue weighted by Gasteiger charge is -2.29. The molecule has 1 aromatic carbocycles. The zero-order valence-electron chi connectivity index (χ0n) is 25.5. The molecule has 0 radical (unpaired) electrons. The zero-order valence-corrected chi connectivity index (χ0v) is 25.5. The Balaban J connectivity index is 0. The van der Waals surface area contributed by atoms with Crippen LogP contribution in [0.15, 0.2) is 42.5 Å². The number of aliphatic hydroxyl groups is 3. The third-order valence-electron chi connectivity index (χ3n) is 6.94. The van der Waals surface area contributed by atoms with E-state index in [-0.39, 0.29) is 26.1 Å². The Morgan fingerprint density at radius 1 is 0.860 bits per heavy atom. The van der Waals surface area contributed by atoms with Crippen LogP contribution in [-0.2, 0) is 9.59 Å². The largest absolute Gasteiger partial charge is 0.493 e. The van der Waals surface area contributed by atoms with Gasteiger partial charge in [-0.1, -0.05) is 38.8 Å². The second kappa shape index (κ2) is 26.7. The minimum Gasteiger partial charge on any atom is -0.493 e. The van der Waals surface area contributed by atoms with Crippen LogP contribution in [-0.4, -0.2) is 73.4 Å². The van der Waals surface area contributed by atoms with Crippen LogP contribution >= 0.6 is 0 Å². The van der Waals surface area contributed by atoms with Gasteiger partial charge in [0.15, 0.2) is 0 Å². The molecule has 0 spiro atoms. The molecule has 0 aromatic heterocycles. The monoisotopic (exact) mass is 620 g/mol. The summed E-state index contributed by atoms with van der Waals surface area (Å²) in [5, 5.41) is 32.2. The molecule has 4 N–H and O–H groups in total. The summed E-state index contributed by atoms with van der Waals surface area (Å²) in [5.74, 6) is 2.53. The third kappa shape index (κ3) is 22.3. The topological polar surface area (TPSA) is 134 Å². The summed E-state index contributed by atoms with van der Waals surface area (Å²) in [6.07, 6.45) is 4.73. The Hall–Kier alpha value is -2.89. The molecule has 0 aliphatic heterocycles. The molecule has 0 bridgehead atoms. The Kier molecular flexibility index (Phi) is 26.2. The summed E-state index contributed by atoms with van der Waals surface area (Å²) in [7, 11) is 1.00. The Morgan fingerprint density at radius 2 is 1.30 bits per heavy atom. The number of carbonyl (C=O) groups excluding carboxylic acids is 1. The van der Waals surface area contributed by atoms with Gasteiger partial charge < -0.3 is 34.7 Å². The molecule has 0 heterocycles. The first-order valence-corrected chi connectivity index (χ1v) is 14.5. The normalized spacial score (nSPS) is 15.7. The van der Waals surface area contributed by atoms with Gasteiger partial charge in [0.05, 0.1) is 26.4 Å². The average Bonchev–Trinajstić information content (AvgIpc) is 3.00. The Bertz CT molecular complexity index is 828. The van der Waals surface area contributed by atoms with Crippen molar-refractivity contribution in [2.45, 2.75) is 89.1 Å². The summed E-state index contributed by atoms with van der Waals surface area (Å²) in [6, 6.07) is 6.02. The lowest BCUT2D eigenvalue weighted by atomic mass is 9.77. The second-order valence-corrected chi connectivity index (χ2v) is 10.1. The highest BCUT2D eigenvalue weighted by Crippen LogP contribution is 2.40. The van der Waals surface area contributed by atoms with Crippen molar-refractivity contribution in [1.29, 1.82) is 0 Å². The molecule has 248 valence electrons. The van der Waals surface area contributed by atoms with Crippen molar-refractivity contribution >= 4 is 13.3 Å². The smallest absolute Gasteiger partial charge is 0.389 e. The predicted molar refractivity (Wildman–Crippen MR) is 162 cm³/mol. The number of carbonyl (C=O) groups is 2. The van der Waals surface area contributed by atoms with Crippen LogP contribution in [0.25, 0.3) is 0 Å². The lowest BCUT2D eigenvalue weighted by molar-refractivity contribution is -0.135. The Morgan fingerprint density at radius 3 is 1.72 bits per heavy atom. The Labute approximate surface area is 254 Å². The molecule has 0 saturated heterocycles. The summed E-state index contributed by atoms with van der Waals surface area (Å²) in [6.45, 7) is 10.1. The van der Waals surface area contributed by atoms with E-state index in [4.69, 9.17) is 39.5 Å². The van der Waals surface area contributed by atoms with E-state index >= 15 is 0 Å². The third-order valence-corrected chi connectivity index (χ3v) is 6.94. The number of rotatable bonds is 17. The van der Waals surface area contributed by atoms with Gasteiger partial charge in [0.2, 0.25) is 0 Å². The molecule has 11 heteroatoms. The van der Waals surface area contributed by atoms with Crippen LogP contribution in [0.2, 0.25) is 0 Å². The van der Waals surface area contributed by atoms with Crippen LogP contribution in [0.4, 0.5) is 13.2 Å². The predicted octanol–water partition coefficient (Wildman–Crippen LogP) is 6.62. The van der Waals surface area contributed by atoms with Crippen molar-refractivity contribution in [3.05, 3.63) is 48.1 Å². The van der Waals surface area contributed by atoms with Crippen LogP contribution in [0.5, 0.6) is 11.5 Å². The fraction of sp³-hybridized carbons (Fsp3) is 0.625. The maximum atomic E-state index is 12.3. The molecule has 8 nitrogen and oxygen atoms in total. The number of alkyl halides is 3. The zero-order chi connectivity index (χ0) is 33.1. The molecule has 0 amide bonds. The summed E-state index contributed by atoms with van der Waals surface area (Å²) in [5.41, 5.74) is 2.64. The molecule has 1 aromatic rings. The van der Waals surface area contributed by atoms with Gasteiger partial charge in [-0.3, -0.25) is 4.79 Å². The van der Waals surface area contributed by atoms with Gasteiger partial charge in [0.25, 0.3) is 6.47 Å². The first-order valence-electron chi connectivity index (χ1n) is 14.5. The maximum absolute atomic E-state index is 12.3. The van der Waals surface area contributed by atoms with E-state index in [0.29, 0.717) is 44.3 Å². The molecule has 1 aliphatic rings. The quantitative estimate of drug-likeness (QED) is 0.0867. The molecule has 43 heavy (non-hydrogen) atoms. The molecule has 1 saturated carbocycles. The highest BCUT2D eigenvalue weighted by atomic mass is 19.4. The van der Waals surface area contributed by atoms with Gasteiger partial charge in [0.1, 0.15) is 18.3 Å². The molecule has 1 fully saturated rings. The number of hydrogen-bond acceptors (Lipinski definition) is 7. The number of hydrogen-bond donors (Lipinski definition) is 4. The molecule has 0 atom stereocenters. The van der Waals surface area contributed by atoms with Crippen molar-refractivity contribution in [2.24, 2.45) is 5.92 Å². The SMILES string of the molecule is C=C(CO)CCOc1cc(OCCC(=C)CO)cc(C2CCC(CCCCCCC(F)(F)F)CC2)c1.C=O.CO.O=CO.